The largest absolute Gasteiger partial charge is 0.493 e. The first-order chi connectivity index (χ1) is 8.69. The minimum atomic E-state index is 0.576. The van der Waals surface area contributed by atoms with Gasteiger partial charge in [0.25, 0.3) is 0 Å². The van der Waals surface area contributed by atoms with E-state index in [0.717, 1.165) is 17.1 Å². The van der Waals surface area contributed by atoms with Gasteiger partial charge in [-0.1, -0.05) is 0 Å². The van der Waals surface area contributed by atoms with Crippen molar-refractivity contribution in [1.29, 1.82) is 0 Å². The van der Waals surface area contributed by atoms with Gasteiger partial charge < -0.3 is 19.2 Å². The number of benzene rings is 1. The Kier molecular flexibility index (Phi) is 3.41. The molecule has 0 aliphatic heterocycles. The molecule has 0 aliphatic rings. The molecule has 1 aromatic heterocycles. The second-order valence-corrected chi connectivity index (χ2v) is 3.83. The molecule has 0 unspecified atom stereocenters. The molecule has 0 aliphatic carbocycles. The summed E-state index contributed by atoms with van der Waals surface area (Å²) in [5, 5.41) is 0. The highest BCUT2D eigenvalue weighted by molar-refractivity contribution is 5.66. The molecule has 0 fully saturated rings. The summed E-state index contributed by atoms with van der Waals surface area (Å²) in [5.74, 6) is 2.57. The van der Waals surface area contributed by atoms with Crippen LogP contribution >= 0.6 is 0 Å². The third-order valence-corrected chi connectivity index (χ3v) is 2.64. The first-order valence-electron chi connectivity index (χ1n) is 5.51. The maximum absolute atomic E-state index is 5.30. The van der Waals surface area contributed by atoms with E-state index in [0.29, 0.717) is 17.2 Å². The smallest absolute Gasteiger partial charge is 0.203 e. The van der Waals surface area contributed by atoms with E-state index in [1.807, 2.05) is 19.1 Å². The van der Waals surface area contributed by atoms with Crippen molar-refractivity contribution in [3.05, 3.63) is 24.0 Å². The maximum atomic E-state index is 5.30. The zero-order valence-corrected chi connectivity index (χ0v) is 10.9. The summed E-state index contributed by atoms with van der Waals surface area (Å²) >= 11 is 0. The van der Waals surface area contributed by atoms with Crippen LogP contribution in [0.2, 0.25) is 0 Å². The first-order valence-corrected chi connectivity index (χ1v) is 5.51. The molecular formula is C13H16N2O3. The number of imidazole rings is 1. The van der Waals surface area contributed by atoms with Crippen molar-refractivity contribution in [2.24, 2.45) is 0 Å². The molecule has 1 N–H and O–H groups in total. The van der Waals surface area contributed by atoms with Crippen molar-refractivity contribution in [2.75, 3.05) is 21.3 Å². The molecule has 1 aromatic carbocycles. The highest BCUT2D eigenvalue weighted by atomic mass is 16.5. The normalized spacial score (nSPS) is 10.2. The lowest BCUT2D eigenvalue weighted by atomic mass is 10.1. The molecule has 18 heavy (non-hydrogen) atoms. The Bertz CT molecular complexity index is 524. The van der Waals surface area contributed by atoms with E-state index in [2.05, 4.69) is 9.97 Å². The number of rotatable bonds is 4. The SMILES string of the molecule is COc1cc(-c2ncc(C)[nH]2)cc(OC)c1OC. The molecule has 0 spiro atoms. The molecule has 5 nitrogen and oxygen atoms in total. The van der Waals surface area contributed by atoms with E-state index in [-0.39, 0.29) is 0 Å². The van der Waals surface area contributed by atoms with Crippen molar-refractivity contribution >= 4 is 0 Å². The van der Waals surface area contributed by atoms with Crippen LogP contribution in [0.4, 0.5) is 0 Å². The van der Waals surface area contributed by atoms with Crippen molar-refractivity contribution in [3.8, 4) is 28.6 Å². The standard InChI is InChI=1S/C13H16N2O3/c1-8-7-14-13(15-8)9-5-10(16-2)12(18-4)11(6-9)17-3/h5-7H,1-4H3,(H,14,15). The van der Waals surface area contributed by atoms with Crippen molar-refractivity contribution < 1.29 is 14.2 Å². The minimum Gasteiger partial charge on any atom is -0.493 e. The van der Waals surface area contributed by atoms with E-state index in [4.69, 9.17) is 14.2 Å². The van der Waals surface area contributed by atoms with Crippen LogP contribution in [0.5, 0.6) is 17.2 Å². The van der Waals surface area contributed by atoms with Crippen LogP contribution in [0.3, 0.4) is 0 Å². The fraction of sp³-hybridized carbons (Fsp3) is 0.308. The van der Waals surface area contributed by atoms with Gasteiger partial charge in [-0.25, -0.2) is 4.98 Å². The molecule has 2 aromatic rings. The van der Waals surface area contributed by atoms with Gasteiger partial charge in [-0.3, -0.25) is 0 Å². The fourth-order valence-corrected chi connectivity index (χ4v) is 1.78. The molecule has 0 bridgehead atoms. The van der Waals surface area contributed by atoms with Crippen molar-refractivity contribution in [2.45, 2.75) is 6.92 Å². The van der Waals surface area contributed by atoms with Crippen LogP contribution in [-0.4, -0.2) is 31.3 Å². The van der Waals surface area contributed by atoms with Gasteiger partial charge in [-0.15, -0.1) is 0 Å². The van der Waals surface area contributed by atoms with E-state index in [9.17, 15) is 0 Å². The van der Waals surface area contributed by atoms with Gasteiger partial charge in [-0.2, -0.15) is 0 Å². The Hall–Kier alpha value is -2.17. The molecule has 1 heterocycles. The van der Waals surface area contributed by atoms with Gasteiger partial charge in [0.15, 0.2) is 11.5 Å². The number of aromatic amines is 1. The average Bonchev–Trinajstić information content (AvgIpc) is 2.83. The maximum Gasteiger partial charge on any atom is 0.203 e. The molecule has 0 saturated carbocycles. The lowest BCUT2D eigenvalue weighted by Gasteiger charge is -2.13. The lowest BCUT2D eigenvalue weighted by molar-refractivity contribution is 0.324. The van der Waals surface area contributed by atoms with E-state index >= 15 is 0 Å². The molecule has 96 valence electrons. The number of hydrogen-bond donors (Lipinski definition) is 1. The summed E-state index contributed by atoms with van der Waals surface area (Å²) in [6, 6.07) is 3.72. The Balaban J connectivity index is 2.56. The zero-order chi connectivity index (χ0) is 13.1. The summed E-state index contributed by atoms with van der Waals surface area (Å²) in [6.07, 6.45) is 1.78. The van der Waals surface area contributed by atoms with Gasteiger partial charge in [0, 0.05) is 17.5 Å². The molecule has 0 amide bonds. The van der Waals surface area contributed by atoms with Gasteiger partial charge in [0.2, 0.25) is 5.75 Å². The van der Waals surface area contributed by atoms with Gasteiger partial charge in [0.1, 0.15) is 5.82 Å². The van der Waals surface area contributed by atoms with Gasteiger partial charge in [-0.05, 0) is 19.1 Å². The van der Waals surface area contributed by atoms with E-state index < -0.39 is 0 Å². The average molecular weight is 248 g/mol. The number of nitrogens with zero attached hydrogens (tertiary/aromatic N) is 1. The van der Waals surface area contributed by atoms with Gasteiger partial charge >= 0.3 is 0 Å². The summed E-state index contributed by atoms with van der Waals surface area (Å²) in [4.78, 5) is 7.45. The molecule has 0 atom stereocenters. The second-order valence-electron chi connectivity index (χ2n) is 3.83. The number of hydrogen-bond acceptors (Lipinski definition) is 4. The topological polar surface area (TPSA) is 56.4 Å². The predicted octanol–water partition coefficient (Wildman–Crippen LogP) is 2.41. The summed E-state index contributed by atoms with van der Waals surface area (Å²) in [7, 11) is 4.76. The third kappa shape index (κ3) is 2.11. The monoisotopic (exact) mass is 248 g/mol. The number of aromatic nitrogens is 2. The molecular weight excluding hydrogens is 232 g/mol. The Morgan fingerprint density at radius 3 is 2.00 bits per heavy atom. The van der Waals surface area contributed by atoms with E-state index in [1.165, 1.54) is 0 Å². The first kappa shape index (κ1) is 12.3. The lowest BCUT2D eigenvalue weighted by Crippen LogP contribution is -1.96. The summed E-state index contributed by atoms with van der Waals surface area (Å²) in [5.41, 5.74) is 1.89. The van der Waals surface area contributed by atoms with Crippen LogP contribution in [0, 0.1) is 6.92 Å². The quantitative estimate of drug-likeness (QED) is 0.902. The molecule has 0 radical (unpaired) electrons. The van der Waals surface area contributed by atoms with Crippen molar-refractivity contribution in [3.63, 3.8) is 0 Å². The van der Waals surface area contributed by atoms with Crippen LogP contribution in [0.25, 0.3) is 11.4 Å². The van der Waals surface area contributed by atoms with Crippen LogP contribution in [-0.2, 0) is 0 Å². The van der Waals surface area contributed by atoms with Gasteiger partial charge in [0.05, 0.1) is 21.3 Å². The second kappa shape index (κ2) is 5.00. The number of H-pyrrole nitrogens is 1. The fourth-order valence-electron chi connectivity index (χ4n) is 1.78. The highest BCUT2D eigenvalue weighted by Crippen LogP contribution is 2.40. The number of methoxy groups -OCH3 is 3. The minimum absolute atomic E-state index is 0.576. The Labute approximate surface area is 106 Å². The number of aryl methyl sites for hydroxylation is 1. The van der Waals surface area contributed by atoms with Crippen LogP contribution < -0.4 is 14.2 Å². The van der Waals surface area contributed by atoms with Crippen LogP contribution in [0.15, 0.2) is 18.3 Å². The third-order valence-electron chi connectivity index (χ3n) is 2.64. The van der Waals surface area contributed by atoms with E-state index in [1.54, 1.807) is 27.5 Å². The molecule has 5 heteroatoms. The highest BCUT2D eigenvalue weighted by Gasteiger charge is 2.15. The summed E-state index contributed by atoms with van der Waals surface area (Å²) < 4.78 is 15.9. The summed E-state index contributed by atoms with van der Waals surface area (Å²) in [6.45, 7) is 1.95. The Morgan fingerprint density at radius 2 is 1.61 bits per heavy atom. The molecule has 2 rings (SSSR count). The number of ether oxygens (including phenoxy) is 3. The van der Waals surface area contributed by atoms with Crippen molar-refractivity contribution in [1.82, 2.24) is 9.97 Å². The zero-order valence-electron chi connectivity index (χ0n) is 10.9. The predicted molar refractivity (Wildman–Crippen MR) is 68.4 cm³/mol. The van der Waals surface area contributed by atoms with Crippen LogP contribution in [0.1, 0.15) is 5.69 Å². The molecule has 0 saturated heterocycles. The Morgan fingerprint density at radius 1 is 1.00 bits per heavy atom. The number of nitrogens with one attached hydrogen (secondary N) is 1.